The van der Waals surface area contributed by atoms with Crippen LogP contribution in [0.1, 0.15) is 15.9 Å². The van der Waals surface area contributed by atoms with Crippen molar-refractivity contribution in [2.24, 2.45) is 0 Å². The predicted molar refractivity (Wildman–Crippen MR) is 94.0 cm³/mol. The summed E-state index contributed by atoms with van der Waals surface area (Å²) in [6.45, 7) is 4.10. The number of piperazine rings is 1. The third-order valence-electron chi connectivity index (χ3n) is 4.29. The van der Waals surface area contributed by atoms with Gasteiger partial charge in [0.1, 0.15) is 6.29 Å². The molecule has 1 fully saturated rings. The maximum atomic E-state index is 12.7. The highest BCUT2D eigenvalue weighted by Gasteiger charge is 2.28. The molecule has 1 aliphatic heterocycles. The lowest BCUT2D eigenvalue weighted by Crippen LogP contribution is -2.48. The molecule has 1 heterocycles. The van der Waals surface area contributed by atoms with E-state index in [0.717, 1.165) is 17.5 Å². The summed E-state index contributed by atoms with van der Waals surface area (Å²) < 4.78 is 26.9. The second kappa shape index (κ2) is 6.75. The van der Waals surface area contributed by atoms with Crippen molar-refractivity contribution >= 4 is 22.0 Å². The number of sulfonamides is 1. The van der Waals surface area contributed by atoms with Crippen LogP contribution in [-0.2, 0) is 10.0 Å². The number of benzene rings is 2. The summed E-state index contributed by atoms with van der Waals surface area (Å²) in [6, 6.07) is 14.3. The van der Waals surface area contributed by atoms with Gasteiger partial charge in [-0.05, 0) is 43.3 Å². The molecular weight excluding hydrogens is 324 g/mol. The number of hydrogen-bond donors (Lipinski definition) is 0. The number of nitrogens with zero attached hydrogens (tertiary/aromatic N) is 2. The first kappa shape index (κ1) is 16.7. The van der Waals surface area contributed by atoms with Crippen molar-refractivity contribution in [1.82, 2.24) is 4.31 Å². The Hall–Kier alpha value is -2.18. The third kappa shape index (κ3) is 3.34. The number of aldehydes is 1. The second-order valence-electron chi connectivity index (χ2n) is 5.91. The molecule has 0 amide bonds. The van der Waals surface area contributed by atoms with Crippen molar-refractivity contribution in [3.63, 3.8) is 0 Å². The Balaban J connectivity index is 1.69. The summed E-state index contributed by atoms with van der Waals surface area (Å²) in [5.74, 6) is 0. The molecule has 5 nitrogen and oxygen atoms in total. The van der Waals surface area contributed by atoms with Crippen molar-refractivity contribution < 1.29 is 13.2 Å². The first-order valence-corrected chi connectivity index (χ1v) is 9.32. The fraction of sp³-hybridized carbons (Fsp3) is 0.278. The Labute approximate surface area is 142 Å². The van der Waals surface area contributed by atoms with Gasteiger partial charge in [-0.1, -0.05) is 17.7 Å². The Morgan fingerprint density at radius 3 is 2.00 bits per heavy atom. The zero-order valence-corrected chi connectivity index (χ0v) is 14.4. The van der Waals surface area contributed by atoms with E-state index in [2.05, 4.69) is 4.90 Å². The van der Waals surface area contributed by atoms with Gasteiger partial charge in [-0.25, -0.2) is 8.42 Å². The molecule has 0 saturated carbocycles. The van der Waals surface area contributed by atoms with Gasteiger partial charge in [0.05, 0.1) is 4.90 Å². The fourth-order valence-electron chi connectivity index (χ4n) is 2.81. The van der Waals surface area contributed by atoms with E-state index >= 15 is 0 Å². The second-order valence-corrected chi connectivity index (χ2v) is 7.85. The number of carbonyl (C=O) groups is 1. The lowest BCUT2D eigenvalue weighted by atomic mass is 10.2. The molecule has 0 N–H and O–H groups in total. The Morgan fingerprint density at radius 1 is 0.875 bits per heavy atom. The minimum atomic E-state index is -3.43. The molecule has 2 aromatic carbocycles. The largest absolute Gasteiger partial charge is 0.369 e. The first-order valence-electron chi connectivity index (χ1n) is 7.88. The van der Waals surface area contributed by atoms with Gasteiger partial charge < -0.3 is 4.90 Å². The normalized spacial score (nSPS) is 16.1. The highest BCUT2D eigenvalue weighted by atomic mass is 32.2. The van der Waals surface area contributed by atoms with Gasteiger partial charge in [0, 0.05) is 37.4 Å². The number of anilines is 1. The molecule has 2 aromatic rings. The van der Waals surface area contributed by atoms with Gasteiger partial charge in [-0.3, -0.25) is 4.79 Å². The number of aryl methyl sites for hydroxylation is 1. The quantitative estimate of drug-likeness (QED) is 0.799. The van der Waals surface area contributed by atoms with Gasteiger partial charge in [0.15, 0.2) is 0 Å². The fourth-order valence-corrected chi connectivity index (χ4v) is 4.23. The third-order valence-corrected chi connectivity index (χ3v) is 6.20. The van der Waals surface area contributed by atoms with Crippen molar-refractivity contribution in [2.45, 2.75) is 11.8 Å². The average molecular weight is 344 g/mol. The minimum Gasteiger partial charge on any atom is -0.369 e. The molecule has 1 aliphatic rings. The van der Waals surface area contributed by atoms with Crippen molar-refractivity contribution in [3.05, 3.63) is 59.7 Å². The van der Waals surface area contributed by atoms with Crippen LogP contribution in [0.25, 0.3) is 0 Å². The zero-order chi connectivity index (χ0) is 17.2. The average Bonchev–Trinajstić information content (AvgIpc) is 2.62. The lowest BCUT2D eigenvalue weighted by Gasteiger charge is -2.35. The van der Waals surface area contributed by atoms with Gasteiger partial charge in [0.2, 0.25) is 10.0 Å². The minimum absolute atomic E-state index is 0.344. The molecule has 126 valence electrons. The Bertz CT molecular complexity index is 806. The van der Waals surface area contributed by atoms with E-state index in [1.165, 1.54) is 4.31 Å². The summed E-state index contributed by atoms with van der Waals surface area (Å²) in [4.78, 5) is 13.2. The Kier molecular flexibility index (Phi) is 4.69. The molecule has 0 unspecified atom stereocenters. The van der Waals surface area contributed by atoms with E-state index < -0.39 is 10.0 Å². The standard InChI is InChI=1S/C18H20N2O3S/c1-15-2-8-18(9-3-15)24(22,23)20-12-10-19(11-13-20)17-6-4-16(14-21)5-7-17/h2-9,14H,10-13H2,1H3. The number of hydrogen-bond acceptors (Lipinski definition) is 4. The predicted octanol–water partition coefficient (Wildman–Crippen LogP) is 2.32. The van der Waals surface area contributed by atoms with Gasteiger partial charge >= 0.3 is 0 Å². The van der Waals surface area contributed by atoms with E-state index in [-0.39, 0.29) is 0 Å². The number of carbonyl (C=O) groups excluding carboxylic acids is 1. The molecule has 0 atom stereocenters. The molecule has 0 aliphatic carbocycles. The maximum Gasteiger partial charge on any atom is 0.243 e. The van der Waals surface area contributed by atoms with Crippen molar-refractivity contribution in [1.29, 1.82) is 0 Å². The molecule has 0 spiro atoms. The van der Waals surface area contributed by atoms with Crippen LogP contribution < -0.4 is 4.90 Å². The van der Waals surface area contributed by atoms with Crippen LogP contribution in [0.15, 0.2) is 53.4 Å². The van der Waals surface area contributed by atoms with Gasteiger partial charge in [-0.2, -0.15) is 4.31 Å². The summed E-state index contributed by atoms with van der Waals surface area (Å²) in [5.41, 5.74) is 2.69. The van der Waals surface area contributed by atoms with E-state index in [1.54, 1.807) is 24.3 Å². The molecule has 1 saturated heterocycles. The Morgan fingerprint density at radius 2 is 1.46 bits per heavy atom. The topological polar surface area (TPSA) is 57.7 Å². The van der Waals surface area contributed by atoms with Gasteiger partial charge in [-0.15, -0.1) is 0 Å². The summed E-state index contributed by atoms with van der Waals surface area (Å²) in [5, 5.41) is 0. The summed E-state index contributed by atoms with van der Waals surface area (Å²) in [6.07, 6.45) is 0.815. The number of rotatable bonds is 4. The van der Waals surface area contributed by atoms with Gasteiger partial charge in [0.25, 0.3) is 0 Å². The first-order chi connectivity index (χ1) is 11.5. The molecule has 0 aromatic heterocycles. The zero-order valence-electron chi connectivity index (χ0n) is 13.6. The SMILES string of the molecule is Cc1ccc(S(=O)(=O)N2CCN(c3ccc(C=O)cc3)CC2)cc1. The highest BCUT2D eigenvalue weighted by Crippen LogP contribution is 2.21. The van der Waals surface area contributed by atoms with E-state index in [4.69, 9.17) is 0 Å². The summed E-state index contributed by atoms with van der Waals surface area (Å²) in [7, 11) is -3.43. The van der Waals surface area contributed by atoms with Crippen LogP contribution in [0.3, 0.4) is 0 Å². The smallest absolute Gasteiger partial charge is 0.243 e. The molecule has 0 radical (unpaired) electrons. The lowest BCUT2D eigenvalue weighted by molar-refractivity contribution is 0.112. The van der Waals surface area contributed by atoms with Crippen molar-refractivity contribution in [2.75, 3.05) is 31.1 Å². The van der Waals surface area contributed by atoms with Crippen LogP contribution >= 0.6 is 0 Å². The summed E-state index contributed by atoms with van der Waals surface area (Å²) >= 11 is 0. The van der Waals surface area contributed by atoms with E-state index in [9.17, 15) is 13.2 Å². The maximum absolute atomic E-state index is 12.7. The van der Waals surface area contributed by atoms with E-state index in [0.29, 0.717) is 36.6 Å². The molecule has 3 rings (SSSR count). The van der Waals surface area contributed by atoms with Crippen LogP contribution in [0.2, 0.25) is 0 Å². The van der Waals surface area contributed by atoms with Crippen molar-refractivity contribution in [3.8, 4) is 0 Å². The molecular formula is C18H20N2O3S. The van der Waals surface area contributed by atoms with Crippen LogP contribution in [-0.4, -0.2) is 45.2 Å². The van der Waals surface area contributed by atoms with E-state index in [1.807, 2.05) is 31.2 Å². The molecule has 6 heteroatoms. The van der Waals surface area contributed by atoms with Crippen LogP contribution in [0.5, 0.6) is 0 Å². The monoisotopic (exact) mass is 344 g/mol. The van der Waals surface area contributed by atoms with Crippen LogP contribution in [0.4, 0.5) is 5.69 Å². The molecule has 0 bridgehead atoms. The van der Waals surface area contributed by atoms with Crippen LogP contribution in [0, 0.1) is 6.92 Å². The highest BCUT2D eigenvalue weighted by molar-refractivity contribution is 7.89. The molecule has 24 heavy (non-hydrogen) atoms.